The molecule has 0 saturated carbocycles. The Balaban J connectivity index is 0.00000220. The molecular formula is C16H25ClN2O2. The van der Waals surface area contributed by atoms with Gasteiger partial charge in [-0.05, 0) is 36.3 Å². The van der Waals surface area contributed by atoms with Crippen LogP contribution in [0.2, 0.25) is 0 Å². The van der Waals surface area contributed by atoms with Crippen molar-refractivity contribution < 1.29 is 9.90 Å². The van der Waals surface area contributed by atoms with Crippen molar-refractivity contribution in [2.45, 2.75) is 32.6 Å². The number of carbonyl (C=O) groups is 1. The van der Waals surface area contributed by atoms with E-state index in [2.05, 4.69) is 6.92 Å². The maximum Gasteiger partial charge on any atom is 0.227 e. The number of piperidine rings is 1. The van der Waals surface area contributed by atoms with Gasteiger partial charge in [0.15, 0.2) is 0 Å². The molecular weight excluding hydrogens is 288 g/mol. The van der Waals surface area contributed by atoms with Crippen LogP contribution in [0.3, 0.4) is 0 Å². The van der Waals surface area contributed by atoms with Crippen LogP contribution in [0.25, 0.3) is 0 Å². The smallest absolute Gasteiger partial charge is 0.227 e. The molecule has 1 amide bonds. The number of nitrogens with two attached hydrogens (primary N) is 1. The number of benzene rings is 1. The number of nitrogens with zero attached hydrogens (tertiary/aromatic N) is 1. The summed E-state index contributed by atoms with van der Waals surface area (Å²) < 4.78 is 0. The first-order chi connectivity index (χ1) is 9.60. The second kappa shape index (κ2) is 7.66. The molecule has 1 saturated heterocycles. The lowest BCUT2D eigenvalue weighted by Gasteiger charge is -2.40. The Morgan fingerprint density at radius 3 is 2.48 bits per heavy atom. The summed E-state index contributed by atoms with van der Waals surface area (Å²) >= 11 is 0. The highest BCUT2D eigenvalue weighted by Gasteiger charge is 2.33. The summed E-state index contributed by atoms with van der Waals surface area (Å²) in [6.07, 6.45) is 3.11. The van der Waals surface area contributed by atoms with Gasteiger partial charge in [0.2, 0.25) is 5.91 Å². The van der Waals surface area contributed by atoms with E-state index < -0.39 is 0 Å². The lowest BCUT2D eigenvalue weighted by Crippen LogP contribution is -2.45. The van der Waals surface area contributed by atoms with Gasteiger partial charge < -0.3 is 15.7 Å². The summed E-state index contributed by atoms with van der Waals surface area (Å²) in [5.41, 5.74) is 7.47. The third-order valence-corrected chi connectivity index (χ3v) is 4.66. The van der Waals surface area contributed by atoms with Gasteiger partial charge in [-0.15, -0.1) is 12.4 Å². The van der Waals surface area contributed by atoms with Crippen molar-refractivity contribution in [3.63, 3.8) is 0 Å². The fraction of sp³-hybridized carbons (Fsp3) is 0.562. The number of halogens is 1. The lowest BCUT2D eigenvalue weighted by atomic mass is 9.77. The number of anilines is 1. The highest BCUT2D eigenvalue weighted by atomic mass is 35.5. The standard InChI is InChI=1S/C16H24N2O2.ClH/c1-2-16(12-19)7-9-18(10-8-16)15(20)11-13-5-3-4-6-14(13)17;/h3-6,19H,2,7-12,17H2,1H3;1H. The van der Waals surface area contributed by atoms with Crippen molar-refractivity contribution >= 4 is 24.0 Å². The van der Waals surface area contributed by atoms with E-state index in [4.69, 9.17) is 5.73 Å². The van der Waals surface area contributed by atoms with Crippen LogP contribution in [0, 0.1) is 5.41 Å². The van der Waals surface area contributed by atoms with E-state index in [1.54, 1.807) is 0 Å². The van der Waals surface area contributed by atoms with Crippen LogP contribution in [0.4, 0.5) is 5.69 Å². The first kappa shape index (κ1) is 17.8. The summed E-state index contributed by atoms with van der Waals surface area (Å²) in [5, 5.41) is 9.52. The van der Waals surface area contributed by atoms with Crippen molar-refractivity contribution in [2.24, 2.45) is 5.41 Å². The zero-order chi connectivity index (χ0) is 14.6. The fourth-order valence-corrected chi connectivity index (χ4v) is 2.82. The van der Waals surface area contributed by atoms with Gasteiger partial charge in [-0.1, -0.05) is 25.1 Å². The van der Waals surface area contributed by atoms with E-state index in [1.165, 1.54) is 0 Å². The number of likely N-dealkylation sites (tertiary alicyclic amines) is 1. The Morgan fingerprint density at radius 2 is 1.95 bits per heavy atom. The molecule has 1 aromatic rings. The number of nitrogen functional groups attached to an aromatic ring is 1. The van der Waals surface area contributed by atoms with Crippen molar-refractivity contribution in [3.8, 4) is 0 Å². The molecule has 5 heteroatoms. The molecule has 1 aromatic carbocycles. The van der Waals surface area contributed by atoms with Crippen molar-refractivity contribution in [2.75, 3.05) is 25.4 Å². The summed E-state index contributed by atoms with van der Waals surface area (Å²) in [7, 11) is 0. The maximum absolute atomic E-state index is 12.3. The second-order valence-corrected chi connectivity index (χ2v) is 5.77. The van der Waals surface area contributed by atoms with Crippen LogP contribution in [-0.2, 0) is 11.2 Å². The third kappa shape index (κ3) is 4.11. The van der Waals surface area contributed by atoms with Crippen molar-refractivity contribution in [1.29, 1.82) is 0 Å². The monoisotopic (exact) mass is 312 g/mol. The Hall–Kier alpha value is -1.26. The number of hydrogen-bond acceptors (Lipinski definition) is 3. The van der Waals surface area contributed by atoms with Crippen molar-refractivity contribution in [3.05, 3.63) is 29.8 Å². The van der Waals surface area contributed by atoms with E-state index in [0.717, 1.165) is 37.9 Å². The van der Waals surface area contributed by atoms with Gasteiger partial charge in [-0.3, -0.25) is 4.79 Å². The molecule has 4 nitrogen and oxygen atoms in total. The second-order valence-electron chi connectivity index (χ2n) is 5.77. The molecule has 1 heterocycles. The van der Waals surface area contributed by atoms with Gasteiger partial charge in [0.05, 0.1) is 6.42 Å². The highest BCUT2D eigenvalue weighted by molar-refractivity contribution is 5.85. The minimum absolute atomic E-state index is 0. The lowest BCUT2D eigenvalue weighted by molar-refractivity contribution is -0.133. The van der Waals surface area contributed by atoms with Gasteiger partial charge in [0.25, 0.3) is 0 Å². The van der Waals surface area contributed by atoms with Crippen LogP contribution in [0.1, 0.15) is 31.7 Å². The number of amides is 1. The quantitative estimate of drug-likeness (QED) is 0.838. The van der Waals surface area contributed by atoms with Gasteiger partial charge in [0.1, 0.15) is 0 Å². The zero-order valence-corrected chi connectivity index (χ0v) is 13.4. The van der Waals surface area contributed by atoms with Gasteiger partial charge in [-0.2, -0.15) is 0 Å². The van der Waals surface area contributed by atoms with E-state index in [1.807, 2.05) is 29.2 Å². The summed E-state index contributed by atoms with van der Waals surface area (Å²) in [4.78, 5) is 14.2. The molecule has 118 valence electrons. The maximum atomic E-state index is 12.3. The molecule has 1 aliphatic rings. The predicted molar refractivity (Wildman–Crippen MR) is 87.4 cm³/mol. The summed E-state index contributed by atoms with van der Waals surface area (Å²) in [6.45, 7) is 3.80. The third-order valence-electron chi connectivity index (χ3n) is 4.66. The minimum Gasteiger partial charge on any atom is -0.398 e. The van der Waals surface area contributed by atoms with Crippen LogP contribution in [-0.4, -0.2) is 35.6 Å². The van der Waals surface area contributed by atoms with Crippen LogP contribution >= 0.6 is 12.4 Å². The van der Waals surface area contributed by atoms with E-state index in [-0.39, 0.29) is 30.3 Å². The molecule has 21 heavy (non-hydrogen) atoms. The first-order valence-electron chi connectivity index (χ1n) is 7.32. The van der Waals surface area contributed by atoms with E-state index in [9.17, 15) is 9.90 Å². The number of aliphatic hydroxyl groups excluding tert-OH is 1. The highest BCUT2D eigenvalue weighted by Crippen LogP contribution is 2.34. The molecule has 1 aliphatic heterocycles. The molecule has 0 aromatic heterocycles. The summed E-state index contributed by atoms with van der Waals surface area (Å²) in [5.74, 6) is 0.130. The topological polar surface area (TPSA) is 66.6 Å². The molecule has 0 bridgehead atoms. The molecule has 0 spiro atoms. The minimum atomic E-state index is 0. The summed E-state index contributed by atoms with van der Waals surface area (Å²) in [6, 6.07) is 7.51. The van der Waals surface area contributed by atoms with E-state index in [0.29, 0.717) is 12.1 Å². The van der Waals surface area contributed by atoms with Gasteiger partial charge in [-0.25, -0.2) is 0 Å². The van der Waals surface area contributed by atoms with Crippen molar-refractivity contribution in [1.82, 2.24) is 4.90 Å². The molecule has 3 N–H and O–H groups in total. The normalized spacial score (nSPS) is 17.1. The SMILES string of the molecule is CCC1(CO)CCN(C(=O)Cc2ccccc2N)CC1.Cl. The number of hydrogen-bond donors (Lipinski definition) is 2. The molecule has 2 rings (SSSR count). The number of rotatable bonds is 4. The predicted octanol–water partition coefficient (Wildman–Crippen LogP) is 2.24. The average molecular weight is 313 g/mol. The van der Waals surface area contributed by atoms with Gasteiger partial charge in [0, 0.05) is 25.4 Å². The van der Waals surface area contributed by atoms with Crippen LogP contribution < -0.4 is 5.73 Å². The molecule has 0 unspecified atom stereocenters. The zero-order valence-electron chi connectivity index (χ0n) is 12.5. The number of para-hydroxylation sites is 1. The Bertz CT molecular complexity index is 465. The van der Waals surface area contributed by atoms with Crippen LogP contribution in [0.5, 0.6) is 0 Å². The molecule has 0 atom stereocenters. The molecule has 0 radical (unpaired) electrons. The molecule has 1 fully saturated rings. The fourth-order valence-electron chi connectivity index (χ4n) is 2.82. The first-order valence-corrected chi connectivity index (χ1v) is 7.32. The largest absolute Gasteiger partial charge is 0.398 e. The number of carbonyl (C=O) groups excluding carboxylic acids is 1. The van der Waals surface area contributed by atoms with Gasteiger partial charge >= 0.3 is 0 Å². The van der Waals surface area contributed by atoms with Crippen LogP contribution in [0.15, 0.2) is 24.3 Å². The molecule has 0 aliphatic carbocycles. The average Bonchev–Trinajstić information content (AvgIpc) is 2.49. The Kier molecular flexibility index (Phi) is 6.49. The number of aliphatic hydroxyl groups is 1. The Labute approximate surface area is 132 Å². The van der Waals surface area contributed by atoms with E-state index >= 15 is 0 Å². The Morgan fingerprint density at radius 1 is 1.33 bits per heavy atom.